The highest BCUT2D eigenvalue weighted by Gasteiger charge is 2.30. The summed E-state index contributed by atoms with van der Waals surface area (Å²) in [6.07, 6.45) is 4.05. The van der Waals surface area contributed by atoms with E-state index in [9.17, 15) is 0 Å². The molecule has 0 aliphatic carbocycles. The Morgan fingerprint density at radius 3 is 2.48 bits per heavy atom. The van der Waals surface area contributed by atoms with E-state index in [1.165, 1.54) is 6.07 Å². The van der Waals surface area contributed by atoms with Crippen LogP contribution in [0.2, 0.25) is 0 Å². The first-order valence-corrected chi connectivity index (χ1v) is 11.7. The van der Waals surface area contributed by atoms with Gasteiger partial charge < -0.3 is 19.6 Å². The Labute approximate surface area is 194 Å². The molecule has 1 fully saturated rings. The number of hydrogen-bond donors (Lipinski definition) is 0. The number of hydrogen-bond acceptors (Lipinski definition) is 7. The smallest absolute Gasteiger partial charge is 0.176 e. The number of halogens is 1. The highest BCUT2D eigenvalue weighted by atomic mass is 19.1. The number of benzene rings is 1. The third kappa shape index (κ3) is 3.86. The van der Waals surface area contributed by atoms with E-state index < -0.39 is 0 Å². The van der Waals surface area contributed by atoms with Crippen molar-refractivity contribution in [3.63, 3.8) is 0 Å². The number of rotatable bonds is 4. The number of pyridine rings is 1. The van der Waals surface area contributed by atoms with Crippen LogP contribution in [-0.2, 0) is 0 Å². The van der Waals surface area contributed by atoms with Crippen molar-refractivity contribution in [1.29, 1.82) is 0 Å². The average Bonchev–Trinajstić information content (AvgIpc) is 3.16. The lowest BCUT2D eigenvalue weighted by atomic mass is 10.0. The quantitative estimate of drug-likeness (QED) is 0.597. The normalized spacial score (nSPS) is 17.0. The summed E-state index contributed by atoms with van der Waals surface area (Å²) in [6, 6.07) is 8.32. The maximum Gasteiger partial charge on any atom is 0.176 e. The summed E-state index contributed by atoms with van der Waals surface area (Å²) in [6.45, 7) is 7.04. The first kappa shape index (κ1) is 21.8. The number of nitrogens with zero attached hydrogens (tertiary/aromatic N) is 7. The van der Waals surface area contributed by atoms with Gasteiger partial charge in [-0.05, 0) is 59.0 Å². The van der Waals surface area contributed by atoms with Crippen LogP contribution in [0.15, 0.2) is 30.5 Å². The molecule has 4 heterocycles. The van der Waals surface area contributed by atoms with Crippen molar-refractivity contribution in [3.05, 3.63) is 36.3 Å². The average molecular weight is 450 g/mol. The van der Waals surface area contributed by atoms with Gasteiger partial charge in [-0.2, -0.15) is 0 Å². The largest absolute Gasteiger partial charge is 0.357 e. The van der Waals surface area contributed by atoms with Crippen LogP contribution in [0.4, 0.5) is 21.7 Å². The number of piperidine rings is 1. The minimum absolute atomic E-state index is 0.298. The van der Waals surface area contributed by atoms with Crippen molar-refractivity contribution in [2.24, 2.45) is 0 Å². The van der Waals surface area contributed by atoms with E-state index in [0.717, 1.165) is 60.9 Å². The summed E-state index contributed by atoms with van der Waals surface area (Å²) in [5.74, 6) is 1.49. The molecule has 0 amide bonds. The minimum atomic E-state index is -0.305. The summed E-state index contributed by atoms with van der Waals surface area (Å²) < 4.78 is 15.1. The van der Waals surface area contributed by atoms with Gasteiger partial charge in [-0.15, -0.1) is 10.2 Å². The second-order valence-electron chi connectivity index (χ2n) is 9.71. The standard InChI is InChI=1S/C25H32FN7/c1-16(2)33-15-31(5)25-24(33)20-12-19(21(26)13-22(20)28-29-25)17-6-7-23(27-14-17)32-10-8-18(9-11-32)30(3)4/h6-7,12-14,16,18H,8-11,15H2,1-5H3. The van der Waals surface area contributed by atoms with Gasteiger partial charge >= 0.3 is 0 Å². The van der Waals surface area contributed by atoms with E-state index in [1.54, 1.807) is 6.20 Å². The van der Waals surface area contributed by atoms with Crippen molar-refractivity contribution < 1.29 is 4.39 Å². The molecule has 0 radical (unpaired) electrons. The van der Waals surface area contributed by atoms with Crippen molar-refractivity contribution in [1.82, 2.24) is 20.1 Å². The molecular formula is C25H32FN7. The fourth-order valence-electron chi connectivity index (χ4n) is 5.00. The number of anilines is 3. The van der Waals surface area contributed by atoms with Crippen LogP contribution < -0.4 is 14.7 Å². The molecule has 5 rings (SSSR count). The van der Waals surface area contributed by atoms with Gasteiger partial charge in [0.25, 0.3) is 0 Å². The Kier molecular flexibility index (Phi) is 5.56. The number of fused-ring (bicyclic) bond motifs is 3. The van der Waals surface area contributed by atoms with E-state index in [0.29, 0.717) is 23.2 Å². The van der Waals surface area contributed by atoms with Crippen LogP contribution in [0.25, 0.3) is 22.0 Å². The van der Waals surface area contributed by atoms with Crippen molar-refractivity contribution >= 4 is 28.2 Å². The maximum absolute atomic E-state index is 15.1. The molecule has 7 nitrogen and oxygen atoms in total. The van der Waals surface area contributed by atoms with Crippen LogP contribution in [0.1, 0.15) is 26.7 Å². The topological polar surface area (TPSA) is 51.6 Å². The summed E-state index contributed by atoms with van der Waals surface area (Å²) in [5.41, 5.74) is 2.91. The van der Waals surface area contributed by atoms with E-state index in [2.05, 4.69) is 57.7 Å². The SMILES string of the molecule is CC(C)N1CN(C)c2nnc3cc(F)c(-c4ccc(N5CCC(N(C)C)CC5)nc4)cc3c21. The molecule has 1 aromatic carbocycles. The second-order valence-corrected chi connectivity index (χ2v) is 9.71. The molecule has 1 saturated heterocycles. The molecule has 2 aliphatic rings. The van der Waals surface area contributed by atoms with Crippen LogP contribution in [0, 0.1) is 5.82 Å². The van der Waals surface area contributed by atoms with E-state index >= 15 is 4.39 Å². The molecule has 0 bridgehead atoms. The second kappa shape index (κ2) is 8.41. The predicted molar refractivity (Wildman–Crippen MR) is 133 cm³/mol. The highest BCUT2D eigenvalue weighted by molar-refractivity contribution is 6.00. The maximum atomic E-state index is 15.1. The molecule has 0 N–H and O–H groups in total. The van der Waals surface area contributed by atoms with Gasteiger partial charge in [-0.1, -0.05) is 0 Å². The summed E-state index contributed by atoms with van der Waals surface area (Å²) in [5, 5.41) is 9.59. The van der Waals surface area contributed by atoms with Gasteiger partial charge in [0, 0.05) is 61.0 Å². The molecule has 33 heavy (non-hydrogen) atoms. The molecule has 2 aromatic heterocycles. The lowest BCUT2D eigenvalue weighted by Crippen LogP contribution is -2.42. The monoisotopic (exact) mass is 449 g/mol. The lowest BCUT2D eigenvalue weighted by molar-refractivity contribution is 0.249. The van der Waals surface area contributed by atoms with Gasteiger partial charge in [-0.25, -0.2) is 9.37 Å². The molecule has 0 spiro atoms. The predicted octanol–water partition coefficient (Wildman–Crippen LogP) is 3.98. The molecular weight excluding hydrogens is 417 g/mol. The fraction of sp³-hybridized carbons (Fsp3) is 0.480. The van der Waals surface area contributed by atoms with E-state index in [-0.39, 0.29) is 5.82 Å². The zero-order chi connectivity index (χ0) is 23.3. The Balaban J connectivity index is 1.48. The summed E-state index contributed by atoms with van der Waals surface area (Å²) >= 11 is 0. The van der Waals surface area contributed by atoms with Gasteiger partial charge in [0.2, 0.25) is 0 Å². The van der Waals surface area contributed by atoms with Crippen LogP contribution in [0.3, 0.4) is 0 Å². The van der Waals surface area contributed by atoms with Crippen molar-refractivity contribution in [2.45, 2.75) is 38.8 Å². The van der Waals surface area contributed by atoms with Gasteiger partial charge in [0.15, 0.2) is 5.82 Å². The highest BCUT2D eigenvalue weighted by Crippen LogP contribution is 2.41. The van der Waals surface area contributed by atoms with Crippen LogP contribution in [-0.4, -0.2) is 73.1 Å². The van der Waals surface area contributed by atoms with Crippen molar-refractivity contribution in [2.75, 3.05) is 55.6 Å². The Hall–Kier alpha value is -3.00. The minimum Gasteiger partial charge on any atom is -0.357 e. The molecule has 3 aromatic rings. The molecule has 2 aliphatic heterocycles. The molecule has 0 atom stereocenters. The van der Waals surface area contributed by atoms with Gasteiger partial charge in [0.05, 0.1) is 17.9 Å². The molecule has 0 saturated carbocycles. The van der Waals surface area contributed by atoms with E-state index in [1.807, 2.05) is 25.2 Å². The zero-order valence-corrected chi connectivity index (χ0v) is 20.1. The lowest BCUT2D eigenvalue weighted by Gasteiger charge is -2.35. The Morgan fingerprint density at radius 2 is 1.85 bits per heavy atom. The number of aromatic nitrogens is 3. The van der Waals surface area contributed by atoms with E-state index in [4.69, 9.17) is 4.98 Å². The Bertz CT molecular complexity index is 1150. The molecule has 8 heteroatoms. The third-order valence-corrected chi connectivity index (χ3v) is 7.02. The fourth-order valence-corrected chi connectivity index (χ4v) is 5.00. The first-order valence-electron chi connectivity index (χ1n) is 11.7. The summed E-state index contributed by atoms with van der Waals surface area (Å²) in [4.78, 5) is 13.7. The van der Waals surface area contributed by atoms with Gasteiger partial charge in [-0.3, -0.25) is 0 Å². The molecule has 0 unspecified atom stereocenters. The zero-order valence-electron chi connectivity index (χ0n) is 20.1. The summed E-state index contributed by atoms with van der Waals surface area (Å²) in [7, 11) is 6.30. The first-order chi connectivity index (χ1) is 15.8. The third-order valence-electron chi connectivity index (χ3n) is 7.02. The van der Waals surface area contributed by atoms with Gasteiger partial charge in [0.1, 0.15) is 11.6 Å². The van der Waals surface area contributed by atoms with Crippen LogP contribution >= 0.6 is 0 Å². The molecule has 174 valence electrons. The van der Waals surface area contributed by atoms with Crippen molar-refractivity contribution in [3.8, 4) is 11.1 Å². The van der Waals surface area contributed by atoms with Crippen LogP contribution in [0.5, 0.6) is 0 Å². The Morgan fingerprint density at radius 1 is 1.09 bits per heavy atom.